The van der Waals surface area contributed by atoms with E-state index < -0.39 is 24.1 Å². The molecule has 0 N–H and O–H groups in total. The van der Waals surface area contributed by atoms with Crippen LogP contribution >= 0.6 is 0 Å². The van der Waals surface area contributed by atoms with Gasteiger partial charge in [-0.15, -0.1) is 0 Å². The van der Waals surface area contributed by atoms with Gasteiger partial charge < -0.3 is 14.4 Å². The third-order valence-electron chi connectivity index (χ3n) is 4.06. The molecule has 8 nitrogen and oxygen atoms in total. The topological polar surface area (TPSA) is 105 Å². The van der Waals surface area contributed by atoms with Gasteiger partial charge >= 0.3 is 12.1 Å². The fourth-order valence-electron chi connectivity index (χ4n) is 2.88. The zero-order valence-corrected chi connectivity index (χ0v) is 14.2. The lowest BCUT2D eigenvalue weighted by Gasteiger charge is -2.37. The van der Waals surface area contributed by atoms with Gasteiger partial charge in [0, 0.05) is 11.5 Å². The van der Waals surface area contributed by atoms with E-state index in [0.29, 0.717) is 13.0 Å². The van der Waals surface area contributed by atoms with Gasteiger partial charge in [-0.25, -0.2) is 4.79 Å². The van der Waals surface area contributed by atoms with Gasteiger partial charge in [0.25, 0.3) is 0 Å². The minimum atomic E-state index is -1.06. The largest absolute Gasteiger partial charge is 0.466 e. The summed E-state index contributed by atoms with van der Waals surface area (Å²) in [7, 11) is 0. The number of hydrogen-bond acceptors (Lipinski definition) is 5. The molecule has 0 aromatic heterocycles. The van der Waals surface area contributed by atoms with Crippen molar-refractivity contribution in [3.8, 4) is 0 Å². The molecule has 0 bridgehead atoms. The summed E-state index contributed by atoms with van der Waals surface area (Å²) in [6.07, 6.45) is 1.69. The zero-order valence-electron chi connectivity index (χ0n) is 14.2. The first kappa shape index (κ1) is 18.6. The summed E-state index contributed by atoms with van der Waals surface area (Å²) in [6.45, 7) is 2.46. The highest BCUT2D eigenvalue weighted by atomic mass is 16.6. The van der Waals surface area contributed by atoms with E-state index >= 15 is 0 Å². The number of hydrogen-bond donors (Lipinski definition) is 0. The number of carbonyl (C=O) groups excluding carboxylic acids is 2. The van der Waals surface area contributed by atoms with Gasteiger partial charge in [0.1, 0.15) is 6.61 Å². The van der Waals surface area contributed by atoms with Crippen molar-refractivity contribution < 1.29 is 19.1 Å². The Hall–Kier alpha value is -2.73. The number of esters is 1. The van der Waals surface area contributed by atoms with Crippen LogP contribution in [-0.4, -0.2) is 42.2 Å². The molecule has 8 heteroatoms. The van der Waals surface area contributed by atoms with E-state index in [2.05, 4.69) is 10.0 Å². The Morgan fingerprint density at radius 1 is 1.32 bits per heavy atom. The summed E-state index contributed by atoms with van der Waals surface area (Å²) in [6, 6.07) is 7.73. The van der Waals surface area contributed by atoms with Gasteiger partial charge in [-0.05, 0) is 37.3 Å². The molecule has 25 heavy (non-hydrogen) atoms. The normalized spacial score (nSPS) is 18.0. The van der Waals surface area contributed by atoms with E-state index in [4.69, 9.17) is 15.0 Å². The highest BCUT2D eigenvalue weighted by molar-refractivity contribution is 5.78. The quantitative estimate of drug-likeness (QED) is 0.340. The molecule has 1 aromatic rings. The lowest BCUT2D eigenvalue weighted by molar-refractivity contribution is -0.146. The Kier molecular flexibility index (Phi) is 7.10. The summed E-state index contributed by atoms with van der Waals surface area (Å²) in [5, 5.41) is 3.57. The lowest BCUT2D eigenvalue weighted by Crippen LogP contribution is -2.52. The highest BCUT2D eigenvalue weighted by Gasteiger charge is 2.38. The van der Waals surface area contributed by atoms with Crippen molar-refractivity contribution in [2.45, 2.75) is 44.9 Å². The molecule has 2 atom stereocenters. The van der Waals surface area contributed by atoms with Crippen molar-refractivity contribution in [3.63, 3.8) is 0 Å². The first-order valence-corrected chi connectivity index (χ1v) is 8.35. The molecule has 1 aliphatic heterocycles. The summed E-state index contributed by atoms with van der Waals surface area (Å²) in [5.74, 6) is -0.618. The fourth-order valence-corrected chi connectivity index (χ4v) is 2.88. The zero-order chi connectivity index (χ0) is 18.1. The Balaban J connectivity index is 2.08. The molecule has 0 saturated carbocycles. The first-order chi connectivity index (χ1) is 12.2. The third-order valence-corrected chi connectivity index (χ3v) is 4.06. The first-order valence-electron chi connectivity index (χ1n) is 8.35. The molecular formula is C17H22N4O4. The number of azide groups is 1. The van der Waals surface area contributed by atoms with Crippen molar-refractivity contribution in [1.29, 1.82) is 0 Å². The van der Waals surface area contributed by atoms with Crippen LogP contribution in [0.25, 0.3) is 10.4 Å². The molecule has 1 aliphatic rings. The second kappa shape index (κ2) is 9.54. The molecule has 1 amide bonds. The number of rotatable bonds is 6. The SMILES string of the molecule is CCOC(=O)[C@@H](N=[N+]=[N-])[C@@H]1CCCCN1C(=O)OCc1ccccc1. The lowest BCUT2D eigenvalue weighted by atomic mass is 9.96. The van der Waals surface area contributed by atoms with Gasteiger partial charge in [0.15, 0.2) is 6.04 Å². The molecule has 1 saturated heterocycles. The fraction of sp³-hybridized carbons (Fsp3) is 0.529. The van der Waals surface area contributed by atoms with Gasteiger partial charge in [0.2, 0.25) is 0 Å². The van der Waals surface area contributed by atoms with Crippen molar-refractivity contribution in [1.82, 2.24) is 4.90 Å². The van der Waals surface area contributed by atoms with E-state index in [1.807, 2.05) is 30.3 Å². The Morgan fingerprint density at radius 2 is 2.08 bits per heavy atom. The second-order valence-electron chi connectivity index (χ2n) is 5.70. The van der Waals surface area contributed by atoms with E-state index in [-0.39, 0.29) is 13.2 Å². The number of benzene rings is 1. The minimum Gasteiger partial charge on any atom is -0.466 e. The predicted octanol–water partition coefficient (Wildman–Crippen LogP) is 3.42. The molecule has 1 fully saturated rings. The molecule has 1 aromatic carbocycles. The third kappa shape index (κ3) is 5.12. The van der Waals surface area contributed by atoms with Crippen LogP contribution in [0.4, 0.5) is 4.79 Å². The van der Waals surface area contributed by atoms with Crippen LogP contribution in [0, 0.1) is 0 Å². The second-order valence-corrected chi connectivity index (χ2v) is 5.70. The summed E-state index contributed by atoms with van der Waals surface area (Å²) in [4.78, 5) is 28.8. The molecular weight excluding hydrogens is 324 g/mol. The number of piperidine rings is 1. The van der Waals surface area contributed by atoms with Crippen LogP contribution in [0.5, 0.6) is 0 Å². The summed E-state index contributed by atoms with van der Waals surface area (Å²) >= 11 is 0. The smallest absolute Gasteiger partial charge is 0.410 e. The van der Waals surface area contributed by atoms with E-state index in [0.717, 1.165) is 18.4 Å². The van der Waals surface area contributed by atoms with E-state index in [1.54, 1.807) is 6.92 Å². The summed E-state index contributed by atoms with van der Waals surface area (Å²) < 4.78 is 10.4. The molecule has 2 rings (SSSR count). The number of carbonyl (C=O) groups is 2. The predicted molar refractivity (Wildman–Crippen MR) is 90.5 cm³/mol. The number of nitrogens with zero attached hydrogens (tertiary/aromatic N) is 4. The number of ether oxygens (including phenoxy) is 2. The average molecular weight is 346 g/mol. The van der Waals surface area contributed by atoms with Crippen molar-refractivity contribution >= 4 is 12.1 Å². The van der Waals surface area contributed by atoms with Crippen LogP contribution in [0.1, 0.15) is 31.7 Å². The van der Waals surface area contributed by atoms with Crippen molar-refractivity contribution in [2.75, 3.05) is 13.2 Å². The maximum Gasteiger partial charge on any atom is 0.410 e. The van der Waals surface area contributed by atoms with Crippen LogP contribution in [0.3, 0.4) is 0 Å². The van der Waals surface area contributed by atoms with Gasteiger partial charge in [0.05, 0.1) is 12.6 Å². The van der Waals surface area contributed by atoms with Crippen molar-refractivity contribution in [2.24, 2.45) is 5.11 Å². The molecule has 0 aliphatic carbocycles. The Labute approximate surface area is 146 Å². The van der Waals surface area contributed by atoms with Crippen LogP contribution in [-0.2, 0) is 20.9 Å². The Bertz CT molecular complexity index is 631. The molecule has 0 spiro atoms. The average Bonchev–Trinajstić information content (AvgIpc) is 2.65. The minimum absolute atomic E-state index is 0.147. The van der Waals surface area contributed by atoms with Gasteiger partial charge in [-0.2, -0.15) is 0 Å². The van der Waals surface area contributed by atoms with Crippen LogP contribution in [0.15, 0.2) is 35.4 Å². The van der Waals surface area contributed by atoms with Gasteiger partial charge in [-0.1, -0.05) is 35.4 Å². The molecule has 134 valence electrons. The van der Waals surface area contributed by atoms with Crippen molar-refractivity contribution in [3.05, 3.63) is 46.3 Å². The number of likely N-dealkylation sites (tertiary alicyclic amines) is 1. The highest BCUT2D eigenvalue weighted by Crippen LogP contribution is 2.24. The van der Waals surface area contributed by atoms with Crippen LogP contribution < -0.4 is 0 Å². The van der Waals surface area contributed by atoms with E-state index in [9.17, 15) is 9.59 Å². The van der Waals surface area contributed by atoms with E-state index in [1.165, 1.54) is 4.90 Å². The maximum absolute atomic E-state index is 12.5. The monoisotopic (exact) mass is 346 g/mol. The molecule has 1 heterocycles. The standard InChI is InChI=1S/C17H22N4O4/c1-2-24-16(22)15(19-20-18)14-10-6-7-11-21(14)17(23)25-12-13-8-4-3-5-9-13/h3-5,8-9,14-15H,2,6-7,10-12H2,1H3/t14-,15-/m0/s1. The summed E-state index contributed by atoms with van der Waals surface area (Å²) in [5.41, 5.74) is 9.65. The molecule has 0 radical (unpaired) electrons. The number of amides is 1. The van der Waals surface area contributed by atoms with Gasteiger partial charge in [-0.3, -0.25) is 4.79 Å². The molecule has 0 unspecified atom stereocenters. The maximum atomic E-state index is 12.5. The van der Waals surface area contributed by atoms with Crippen LogP contribution in [0.2, 0.25) is 0 Å². The Morgan fingerprint density at radius 3 is 2.76 bits per heavy atom.